The van der Waals surface area contributed by atoms with Gasteiger partial charge in [0.05, 0.1) is 11.2 Å². The van der Waals surface area contributed by atoms with Crippen LogP contribution in [0, 0.1) is 0 Å². The van der Waals surface area contributed by atoms with Gasteiger partial charge in [-0.25, -0.2) is 4.98 Å². The van der Waals surface area contributed by atoms with E-state index in [1.807, 2.05) is 38.4 Å². The Labute approximate surface area is 130 Å². The van der Waals surface area contributed by atoms with Crippen LogP contribution in [-0.2, 0) is 0 Å². The summed E-state index contributed by atoms with van der Waals surface area (Å²) in [7, 11) is 4.06. The monoisotopic (exact) mass is 290 g/mol. The van der Waals surface area contributed by atoms with Crippen LogP contribution in [0.1, 0.15) is 5.56 Å². The van der Waals surface area contributed by atoms with Crippen molar-refractivity contribution in [2.24, 2.45) is 0 Å². The topological polar surface area (TPSA) is 41.1 Å². The second kappa shape index (κ2) is 5.85. The van der Waals surface area contributed by atoms with E-state index in [0.717, 1.165) is 33.7 Å². The molecular weight excluding hydrogens is 272 g/mol. The molecule has 1 aromatic carbocycles. The third-order valence-corrected chi connectivity index (χ3v) is 3.53. The molecule has 0 saturated heterocycles. The van der Waals surface area contributed by atoms with E-state index in [9.17, 15) is 0 Å². The van der Waals surface area contributed by atoms with Gasteiger partial charge in [-0.2, -0.15) is 0 Å². The molecule has 3 aromatic rings. The summed E-state index contributed by atoms with van der Waals surface area (Å²) in [5.41, 5.74) is 4.09. The second-order valence-corrected chi connectivity index (χ2v) is 5.26. The molecule has 0 amide bonds. The molecule has 0 bridgehead atoms. The summed E-state index contributed by atoms with van der Waals surface area (Å²) >= 11 is 0. The maximum Gasteiger partial charge on any atom is 0.130 e. The maximum atomic E-state index is 4.42. The van der Waals surface area contributed by atoms with Crippen LogP contribution in [0.15, 0.2) is 55.4 Å². The highest BCUT2D eigenvalue weighted by Gasteiger charge is 2.05. The van der Waals surface area contributed by atoms with Crippen molar-refractivity contribution in [3.05, 3.63) is 60.9 Å². The Morgan fingerprint density at radius 3 is 2.64 bits per heavy atom. The highest BCUT2D eigenvalue weighted by atomic mass is 15.1. The molecule has 0 radical (unpaired) electrons. The summed E-state index contributed by atoms with van der Waals surface area (Å²) in [4.78, 5) is 10.9. The molecule has 0 saturated carbocycles. The number of hydrogen-bond donors (Lipinski definition) is 1. The molecule has 3 rings (SSSR count). The van der Waals surface area contributed by atoms with Crippen molar-refractivity contribution in [1.29, 1.82) is 0 Å². The number of nitrogens with one attached hydrogen (secondary N) is 1. The first-order valence-corrected chi connectivity index (χ1v) is 7.09. The zero-order valence-electron chi connectivity index (χ0n) is 12.7. The summed E-state index contributed by atoms with van der Waals surface area (Å²) in [6.07, 6.45) is 5.38. The molecule has 4 heteroatoms. The van der Waals surface area contributed by atoms with Gasteiger partial charge in [0.2, 0.25) is 0 Å². The molecular formula is C18H18N4. The van der Waals surface area contributed by atoms with Crippen LogP contribution in [0.5, 0.6) is 0 Å². The second-order valence-electron chi connectivity index (χ2n) is 5.26. The van der Waals surface area contributed by atoms with Crippen LogP contribution in [-0.4, -0.2) is 24.1 Å². The third kappa shape index (κ3) is 2.76. The van der Waals surface area contributed by atoms with Crippen molar-refractivity contribution in [1.82, 2.24) is 9.97 Å². The van der Waals surface area contributed by atoms with Crippen molar-refractivity contribution < 1.29 is 0 Å². The van der Waals surface area contributed by atoms with Crippen molar-refractivity contribution in [3.8, 4) is 0 Å². The Morgan fingerprint density at radius 2 is 1.95 bits per heavy atom. The lowest BCUT2D eigenvalue weighted by molar-refractivity contribution is 1.13. The number of benzene rings is 1. The van der Waals surface area contributed by atoms with Gasteiger partial charge in [-0.15, -0.1) is 0 Å². The number of nitrogens with zero attached hydrogens (tertiary/aromatic N) is 3. The summed E-state index contributed by atoms with van der Waals surface area (Å²) in [6.45, 7) is 3.74. The Kier molecular flexibility index (Phi) is 3.74. The van der Waals surface area contributed by atoms with Crippen molar-refractivity contribution in [2.75, 3.05) is 24.3 Å². The molecule has 0 aliphatic heterocycles. The first-order chi connectivity index (χ1) is 10.7. The van der Waals surface area contributed by atoms with E-state index < -0.39 is 0 Å². The van der Waals surface area contributed by atoms with E-state index in [4.69, 9.17) is 0 Å². The number of anilines is 3. The van der Waals surface area contributed by atoms with E-state index in [0.29, 0.717) is 0 Å². The minimum Gasteiger partial charge on any atom is -0.378 e. The van der Waals surface area contributed by atoms with Crippen LogP contribution in [0.3, 0.4) is 0 Å². The third-order valence-electron chi connectivity index (χ3n) is 3.53. The van der Waals surface area contributed by atoms with Gasteiger partial charge in [0, 0.05) is 37.6 Å². The van der Waals surface area contributed by atoms with Crippen molar-refractivity contribution in [3.63, 3.8) is 0 Å². The quantitative estimate of drug-likeness (QED) is 0.786. The molecule has 4 nitrogen and oxygen atoms in total. The lowest BCUT2D eigenvalue weighted by Crippen LogP contribution is -2.08. The van der Waals surface area contributed by atoms with Crippen LogP contribution >= 0.6 is 0 Å². The lowest BCUT2D eigenvalue weighted by atomic mass is 10.1. The van der Waals surface area contributed by atoms with Gasteiger partial charge in [-0.05, 0) is 42.0 Å². The fourth-order valence-corrected chi connectivity index (χ4v) is 2.26. The lowest BCUT2D eigenvalue weighted by Gasteiger charge is -2.15. The van der Waals surface area contributed by atoms with Gasteiger partial charge in [0.25, 0.3) is 0 Å². The Morgan fingerprint density at radius 1 is 1.09 bits per heavy atom. The van der Waals surface area contributed by atoms with E-state index >= 15 is 0 Å². The average molecular weight is 290 g/mol. The highest BCUT2D eigenvalue weighted by Crippen LogP contribution is 2.27. The molecule has 0 unspecified atom stereocenters. The van der Waals surface area contributed by atoms with E-state index in [-0.39, 0.29) is 0 Å². The molecule has 22 heavy (non-hydrogen) atoms. The largest absolute Gasteiger partial charge is 0.378 e. The fraction of sp³-hybridized carbons (Fsp3) is 0.111. The van der Waals surface area contributed by atoms with Gasteiger partial charge in [0.1, 0.15) is 5.82 Å². The predicted octanol–water partition coefficient (Wildman–Crippen LogP) is 4.08. The minimum atomic E-state index is 0.799. The van der Waals surface area contributed by atoms with Crippen molar-refractivity contribution in [2.45, 2.75) is 0 Å². The van der Waals surface area contributed by atoms with Gasteiger partial charge in [-0.3, -0.25) is 4.98 Å². The van der Waals surface area contributed by atoms with Gasteiger partial charge >= 0.3 is 0 Å². The first-order valence-electron chi connectivity index (χ1n) is 7.09. The molecule has 0 atom stereocenters. The molecule has 0 aliphatic carbocycles. The van der Waals surface area contributed by atoms with Crippen LogP contribution in [0.2, 0.25) is 0 Å². The van der Waals surface area contributed by atoms with Crippen LogP contribution in [0.4, 0.5) is 17.2 Å². The fourth-order valence-electron chi connectivity index (χ4n) is 2.26. The summed E-state index contributed by atoms with van der Waals surface area (Å²) in [5.74, 6) is 0.799. The standard InChI is InChI=1S/C18H18N4/c1-4-13-5-8-18(20-12-13)21-17-9-10-19-16-7-6-14(22(2)3)11-15(16)17/h4-12H,1H2,2-3H3,(H,19,20,21). The Hall–Kier alpha value is -2.88. The van der Waals surface area contributed by atoms with Crippen LogP contribution < -0.4 is 10.2 Å². The maximum absolute atomic E-state index is 4.42. The highest BCUT2D eigenvalue weighted by molar-refractivity contribution is 5.94. The Bertz CT molecular complexity index is 807. The summed E-state index contributed by atoms with van der Waals surface area (Å²) in [6, 6.07) is 12.1. The minimum absolute atomic E-state index is 0.799. The normalized spacial score (nSPS) is 10.5. The predicted molar refractivity (Wildman–Crippen MR) is 93.7 cm³/mol. The molecule has 2 heterocycles. The smallest absolute Gasteiger partial charge is 0.130 e. The SMILES string of the molecule is C=Cc1ccc(Nc2ccnc3ccc(N(C)C)cc23)nc1. The van der Waals surface area contributed by atoms with E-state index in [2.05, 4.69) is 38.9 Å². The number of aromatic nitrogens is 2. The molecule has 0 aliphatic rings. The van der Waals surface area contributed by atoms with E-state index in [1.54, 1.807) is 18.5 Å². The average Bonchev–Trinajstić information content (AvgIpc) is 2.55. The summed E-state index contributed by atoms with van der Waals surface area (Å²) in [5, 5.41) is 4.43. The first kappa shape index (κ1) is 14.1. The number of hydrogen-bond acceptors (Lipinski definition) is 4. The molecule has 110 valence electrons. The molecule has 0 fully saturated rings. The number of fused-ring (bicyclic) bond motifs is 1. The van der Waals surface area contributed by atoms with Gasteiger partial charge in [-0.1, -0.05) is 12.7 Å². The summed E-state index contributed by atoms with van der Waals surface area (Å²) < 4.78 is 0. The molecule has 0 spiro atoms. The Balaban J connectivity index is 2.01. The number of rotatable bonds is 4. The van der Waals surface area contributed by atoms with Gasteiger partial charge in [0.15, 0.2) is 0 Å². The molecule has 2 aromatic heterocycles. The zero-order valence-corrected chi connectivity index (χ0v) is 12.7. The van der Waals surface area contributed by atoms with E-state index in [1.165, 1.54) is 0 Å². The zero-order chi connectivity index (χ0) is 15.5. The molecule has 1 N–H and O–H groups in total. The van der Waals surface area contributed by atoms with Crippen LogP contribution in [0.25, 0.3) is 17.0 Å². The van der Waals surface area contributed by atoms with Crippen molar-refractivity contribution >= 4 is 34.2 Å². The number of pyridine rings is 2. The van der Waals surface area contributed by atoms with Gasteiger partial charge < -0.3 is 10.2 Å².